The van der Waals surface area contributed by atoms with Gasteiger partial charge in [-0.2, -0.15) is 5.10 Å². The van der Waals surface area contributed by atoms with Gasteiger partial charge in [0.2, 0.25) is 0 Å². The van der Waals surface area contributed by atoms with Gasteiger partial charge >= 0.3 is 0 Å². The van der Waals surface area contributed by atoms with Crippen LogP contribution in [0.1, 0.15) is 78.5 Å². The van der Waals surface area contributed by atoms with Gasteiger partial charge in [0, 0.05) is 36.3 Å². The number of aryl methyl sites for hydroxylation is 1. The van der Waals surface area contributed by atoms with Gasteiger partial charge in [0.25, 0.3) is 0 Å². The van der Waals surface area contributed by atoms with E-state index in [1.807, 2.05) is 58.5 Å². The number of halogens is 2. The Hall–Kier alpha value is -3.55. The van der Waals surface area contributed by atoms with E-state index in [4.69, 9.17) is 16.5 Å². The van der Waals surface area contributed by atoms with Gasteiger partial charge < -0.3 is 11.5 Å². The van der Waals surface area contributed by atoms with Gasteiger partial charge in [-0.25, -0.2) is 13.8 Å². The fourth-order valence-electron chi connectivity index (χ4n) is 3.43. The van der Waals surface area contributed by atoms with Crippen LogP contribution in [-0.4, -0.2) is 19.7 Å². The van der Waals surface area contributed by atoms with Crippen LogP contribution in [0.15, 0.2) is 60.2 Å². The van der Waals surface area contributed by atoms with E-state index in [0.717, 1.165) is 18.7 Å². The minimum absolute atomic E-state index is 0.0195. The molecule has 8 heteroatoms. The molecule has 0 saturated heterocycles. The first-order valence-corrected chi connectivity index (χ1v) is 12.6. The van der Waals surface area contributed by atoms with Crippen molar-refractivity contribution >= 4 is 5.70 Å². The molecule has 0 aliphatic rings. The second-order valence-corrected chi connectivity index (χ2v) is 7.55. The van der Waals surface area contributed by atoms with Crippen molar-refractivity contribution in [3.05, 3.63) is 83.1 Å². The van der Waals surface area contributed by atoms with Gasteiger partial charge in [0.1, 0.15) is 23.0 Å². The summed E-state index contributed by atoms with van der Waals surface area (Å²) in [6.07, 6.45) is 8.27. The Morgan fingerprint density at radius 2 is 1.64 bits per heavy atom. The summed E-state index contributed by atoms with van der Waals surface area (Å²) in [5.74, 6) is -1.73. The summed E-state index contributed by atoms with van der Waals surface area (Å²) in [6, 6.07) is 5.54. The molecule has 36 heavy (non-hydrogen) atoms. The van der Waals surface area contributed by atoms with Gasteiger partial charge in [0.15, 0.2) is 0 Å². The Bertz CT molecular complexity index is 1130. The van der Waals surface area contributed by atoms with Crippen LogP contribution in [-0.2, 0) is 6.54 Å². The number of hydrogen-bond donors (Lipinski definition) is 2. The number of hydrogen-bond acceptors (Lipinski definition) is 5. The first-order valence-electron chi connectivity index (χ1n) is 12.6. The first-order chi connectivity index (χ1) is 17.3. The molecule has 0 saturated carbocycles. The summed E-state index contributed by atoms with van der Waals surface area (Å²) in [5, 5.41) is 4.53. The van der Waals surface area contributed by atoms with Crippen LogP contribution in [0.4, 0.5) is 8.78 Å². The summed E-state index contributed by atoms with van der Waals surface area (Å²) in [7, 11) is 0. The smallest absolute Gasteiger partial charge is 0.135 e. The molecular formula is C28H40F2N6. The number of rotatable bonds is 8. The molecule has 196 valence electrons. The molecule has 2 heterocycles. The SMILES string of the molecule is CC.CC.CCCn1ccc(-c2cncc(C(C)/C(N)=C(/C=C(\N)c3c(F)cccc3F)CC)n2)n1. The predicted molar refractivity (Wildman–Crippen MR) is 145 cm³/mol. The number of benzene rings is 1. The molecule has 0 aliphatic heterocycles. The third-order valence-electron chi connectivity index (χ3n) is 5.25. The molecular weight excluding hydrogens is 458 g/mol. The molecule has 0 amide bonds. The Morgan fingerprint density at radius 3 is 2.22 bits per heavy atom. The number of nitrogens with zero attached hydrogens (tertiary/aromatic N) is 4. The number of aromatic nitrogens is 4. The standard InChI is InChI=1S/C24H28F2N6.2C2H6/c1-4-10-32-11-9-20(31-32)22-14-29-13-21(30-22)15(3)24(28)16(5-2)12-19(27)23-17(25)7-6-8-18(23)26;2*1-2/h6-9,11-15H,4-5,10,27-28H2,1-3H3;2*1-2H3/b19-12-,24-16-;;. The highest BCUT2D eigenvalue weighted by atomic mass is 19.1. The van der Waals surface area contributed by atoms with Crippen molar-refractivity contribution in [2.75, 3.05) is 0 Å². The topological polar surface area (TPSA) is 95.6 Å². The van der Waals surface area contributed by atoms with Crippen molar-refractivity contribution in [3.8, 4) is 11.4 Å². The Morgan fingerprint density at radius 1 is 1.00 bits per heavy atom. The van der Waals surface area contributed by atoms with Crippen LogP contribution >= 0.6 is 0 Å². The van der Waals surface area contributed by atoms with Gasteiger partial charge in [-0.05, 0) is 42.7 Å². The van der Waals surface area contributed by atoms with E-state index in [9.17, 15) is 8.78 Å². The Balaban J connectivity index is 0.00000154. The van der Waals surface area contributed by atoms with E-state index < -0.39 is 11.6 Å². The lowest BCUT2D eigenvalue weighted by Gasteiger charge is -2.16. The number of allylic oxidation sites excluding steroid dienone is 3. The zero-order chi connectivity index (χ0) is 27.3. The van der Waals surface area contributed by atoms with Crippen LogP contribution < -0.4 is 11.5 Å². The summed E-state index contributed by atoms with van der Waals surface area (Å²) < 4.78 is 30.1. The van der Waals surface area contributed by atoms with Gasteiger partial charge in [-0.1, -0.05) is 54.5 Å². The quantitative estimate of drug-likeness (QED) is 0.333. The Labute approximate surface area is 214 Å². The molecule has 6 nitrogen and oxygen atoms in total. The van der Waals surface area contributed by atoms with E-state index in [1.165, 1.54) is 24.3 Å². The zero-order valence-electron chi connectivity index (χ0n) is 22.5. The van der Waals surface area contributed by atoms with E-state index in [1.54, 1.807) is 12.4 Å². The molecule has 2 aromatic heterocycles. The highest BCUT2D eigenvalue weighted by molar-refractivity contribution is 5.66. The lowest BCUT2D eigenvalue weighted by Crippen LogP contribution is -2.13. The largest absolute Gasteiger partial charge is 0.401 e. The third-order valence-corrected chi connectivity index (χ3v) is 5.25. The normalized spacial score (nSPS) is 12.5. The van der Waals surface area contributed by atoms with E-state index in [2.05, 4.69) is 17.0 Å². The van der Waals surface area contributed by atoms with Crippen LogP contribution in [0.25, 0.3) is 17.1 Å². The van der Waals surface area contributed by atoms with Crippen molar-refractivity contribution in [1.82, 2.24) is 19.7 Å². The van der Waals surface area contributed by atoms with E-state index in [-0.39, 0.29) is 17.2 Å². The van der Waals surface area contributed by atoms with E-state index >= 15 is 0 Å². The van der Waals surface area contributed by atoms with Gasteiger partial charge in [0.05, 0.1) is 17.5 Å². The average Bonchev–Trinajstić information content (AvgIpc) is 3.38. The summed E-state index contributed by atoms with van der Waals surface area (Å²) in [5.41, 5.74) is 15.4. The Kier molecular flexibility index (Phi) is 13.1. The molecule has 0 radical (unpaired) electrons. The molecule has 0 aliphatic carbocycles. The van der Waals surface area contributed by atoms with Gasteiger partial charge in [-0.15, -0.1) is 0 Å². The molecule has 3 aromatic rings. The average molecular weight is 499 g/mol. The highest BCUT2D eigenvalue weighted by Gasteiger charge is 2.17. The molecule has 1 aromatic carbocycles. The fraction of sp³-hybridized carbons (Fsp3) is 0.393. The van der Waals surface area contributed by atoms with Gasteiger partial charge in [-0.3, -0.25) is 9.67 Å². The maximum Gasteiger partial charge on any atom is 0.135 e. The van der Waals surface area contributed by atoms with Crippen molar-refractivity contribution in [2.45, 2.75) is 73.8 Å². The van der Waals surface area contributed by atoms with Crippen LogP contribution in [0.2, 0.25) is 0 Å². The minimum Gasteiger partial charge on any atom is -0.401 e. The second kappa shape index (κ2) is 15.4. The van der Waals surface area contributed by atoms with Crippen molar-refractivity contribution in [1.29, 1.82) is 0 Å². The molecule has 3 rings (SSSR count). The monoisotopic (exact) mass is 498 g/mol. The lowest BCUT2D eigenvalue weighted by atomic mass is 9.96. The molecule has 0 spiro atoms. The first kappa shape index (κ1) is 30.5. The molecule has 0 fully saturated rings. The highest BCUT2D eigenvalue weighted by Crippen LogP contribution is 2.27. The fourth-order valence-corrected chi connectivity index (χ4v) is 3.43. The molecule has 0 bridgehead atoms. The second-order valence-electron chi connectivity index (χ2n) is 7.55. The molecule has 1 atom stereocenters. The maximum absolute atomic E-state index is 14.1. The predicted octanol–water partition coefficient (Wildman–Crippen LogP) is 6.81. The minimum atomic E-state index is -0.720. The zero-order valence-corrected chi connectivity index (χ0v) is 22.5. The van der Waals surface area contributed by atoms with Crippen molar-refractivity contribution < 1.29 is 8.78 Å². The molecule has 4 N–H and O–H groups in total. The maximum atomic E-state index is 14.1. The van der Waals surface area contributed by atoms with E-state index in [0.29, 0.717) is 29.1 Å². The van der Waals surface area contributed by atoms with Crippen LogP contribution in [0, 0.1) is 11.6 Å². The van der Waals surface area contributed by atoms with Crippen molar-refractivity contribution in [3.63, 3.8) is 0 Å². The van der Waals surface area contributed by atoms with Crippen LogP contribution in [0.3, 0.4) is 0 Å². The lowest BCUT2D eigenvalue weighted by molar-refractivity contribution is 0.576. The summed E-state index contributed by atoms with van der Waals surface area (Å²) in [4.78, 5) is 9.00. The number of nitrogens with two attached hydrogens (primary N) is 2. The molecule has 1 unspecified atom stereocenters. The third kappa shape index (κ3) is 7.73. The van der Waals surface area contributed by atoms with Crippen molar-refractivity contribution in [2.24, 2.45) is 11.5 Å². The summed E-state index contributed by atoms with van der Waals surface area (Å²) >= 11 is 0. The summed E-state index contributed by atoms with van der Waals surface area (Å²) in [6.45, 7) is 14.7. The van der Waals surface area contributed by atoms with Crippen LogP contribution in [0.5, 0.6) is 0 Å².